The summed E-state index contributed by atoms with van der Waals surface area (Å²) in [4.78, 5) is 24.0. The fraction of sp³-hybridized carbons (Fsp3) is 0.467. The Kier molecular flexibility index (Phi) is 6.18. The van der Waals surface area contributed by atoms with Crippen LogP contribution in [0.25, 0.3) is 0 Å². The molecule has 4 N–H and O–H groups in total. The molecular formula is C15H23N2O3+. The molecule has 5 nitrogen and oxygen atoms in total. The monoisotopic (exact) mass is 279 g/mol. The Morgan fingerprint density at radius 2 is 1.90 bits per heavy atom. The second-order valence-corrected chi connectivity index (χ2v) is 4.86. The van der Waals surface area contributed by atoms with E-state index in [1.54, 1.807) is 0 Å². The molecular weight excluding hydrogens is 256 g/mol. The Morgan fingerprint density at radius 1 is 1.30 bits per heavy atom. The van der Waals surface area contributed by atoms with E-state index in [0.29, 0.717) is 0 Å². The summed E-state index contributed by atoms with van der Waals surface area (Å²) >= 11 is 0. The zero-order chi connectivity index (χ0) is 15.1. The van der Waals surface area contributed by atoms with E-state index in [1.807, 2.05) is 44.2 Å². The molecule has 0 aromatic heterocycles. The molecule has 1 amide bonds. The van der Waals surface area contributed by atoms with Gasteiger partial charge in [-0.3, -0.25) is 4.79 Å². The fourth-order valence-electron chi connectivity index (χ4n) is 1.89. The van der Waals surface area contributed by atoms with Gasteiger partial charge in [-0.1, -0.05) is 50.6 Å². The maximum atomic E-state index is 12.2. The van der Waals surface area contributed by atoms with E-state index in [1.165, 1.54) is 7.11 Å². The molecule has 1 aromatic rings. The predicted octanol–water partition coefficient (Wildman–Crippen LogP) is 0.674. The van der Waals surface area contributed by atoms with Crippen molar-refractivity contribution in [3.63, 3.8) is 0 Å². The molecule has 0 fully saturated rings. The highest BCUT2D eigenvalue weighted by atomic mass is 16.5. The van der Waals surface area contributed by atoms with Crippen LogP contribution in [-0.4, -0.2) is 25.0 Å². The highest BCUT2D eigenvalue weighted by molar-refractivity contribution is 5.87. The summed E-state index contributed by atoms with van der Waals surface area (Å²) in [6.45, 7) is 3.87. The topological polar surface area (TPSA) is 83.0 Å². The van der Waals surface area contributed by atoms with Crippen molar-refractivity contribution in [3.8, 4) is 0 Å². The van der Waals surface area contributed by atoms with Crippen LogP contribution in [0.1, 0.15) is 31.9 Å². The Bertz CT molecular complexity index is 448. The number of methoxy groups -OCH3 is 1. The lowest BCUT2D eigenvalue weighted by molar-refractivity contribution is -0.409. The van der Waals surface area contributed by atoms with Crippen LogP contribution in [0, 0.1) is 5.92 Å². The summed E-state index contributed by atoms with van der Waals surface area (Å²) in [5.41, 5.74) is 4.68. The molecule has 0 heterocycles. The van der Waals surface area contributed by atoms with Crippen LogP contribution in [0.5, 0.6) is 0 Å². The summed E-state index contributed by atoms with van der Waals surface area (Å²) < 4.78 is 4.75. The van der Waals surface area contributed by atoms with Gasteiger partial charge in [-0.05, 0) is 5.92 Å². The second-order valence-electron chi connectivity index (χ2n) is 4.86. The van der Waals surface area contributed by atoms with Crippen LogP contribution >= 0.6 is 0 Å². The molecule has 0 unspecified atom stereocenters. The highest BCUT2D eigenvalue weighted by Crippen LogP contribution is 2.12. The van der Waals surface area contributed by atoms with Crippen LogP contribution < -0.4 is 11.1 Å². The third-order valence-electron chi connectivity index (χ3n) is 3.48. The van der Waals surface area contributed by atoms with Crippen LogP contribution in [0.15, 0.2) is 30.3 Å². The van der Waals surface area contributed by atoms with Gasteiger partial charge in [-0.15, -0.1) is 0 Å². The number of hydrogen-bond donors (Lipinski definition) is 2. The van der Waals surface area contributed by atoms with E-state index in [9.17, 15) is 9.59 Å². The molecule has 20 heavy (non-hydrogen) atoms. The van der Waals surface area contributed by atoms with Gasteiger partial charge in [-0.2, -0.15) is 0 Å². The van der Waals surface area contributed by atoms with Crippen molar-refractivity contribution in [2.24, 2.45) is 5.92 Å². The molecule has 1 aromatic carbocycles. The number of carbonyl (C=O) groups excluding carboxylic acids is 2. The van der Waals surface area contributed by atoms with Gasteiger partial charge in [0, 0.05) is 5.56 Å². The number of benzene rings is 1. The van der Waals surface area contributed by atoms with E-state index in [4.69, 9.17) is 4.74 Å². The number of rotatable bonds is 6. The summed E-state index contributed by atoms with van der Waals surface area (Å²) in [6, 6.07) is 8.09. The van der Waals surface area contributed by atoms with Gasteiger partial charge >= 0.3 is 5.97 Å². The lowest BCUT2D eigenvalue weighted by atomic mass is 9.98. The average molecular weight is 279 g/mol. The number of esters is 1. The molecule has 0 aliphatic rings. The Balaban J connectivity index is 2.78. The number of nitrogens with one attached hydrogen (secondary N) is 1. The zero-order valence-electron chi connectivity index (χ0n) is 12.3. The molecule has 5 heteroatoms. The number of quaternary nitrogens is 1. The fourth-order valence-corrected chi connectivity index (χ4v) is 1.89. The smallest absolute Gasteiger partial charge is 0.328 e. The first kappa shape index (κ1) is 16.2. The van der Waals surface area contributed by atoms with Gasteiger partial charge in [0.25, 0.3) is 5.91 Å². The summed E-state index contributed by atoms with van der Waals surface area (Å²) in [6.07, 6.45) is 0.771. The number of carbonyl (C=O) groups is 2. The van der Waals surface area contributed by atoms with Crippen LogP contribution in [0.2, 0.25) is 0 Å². The predicted molar refractivity (Wildman–Crippen MR) is 75.5 cm³/mol. The van der Waals surface area contributed by atoms with Crippen LogP contribution in [0.3, 0.4) is 0 Å². The van der Waals surface area contributed by atoms with E-state index in [2.05, 4.69) is 11.1 Å². The molecule has 0 saturated heterocycles. The van der Waals surface area contributed by atoms with Crippen LogP contribution in [0.4, 0.5) is 0 Å². The van der Waals surface area contributed by atoms with Gasteiger partial charge in [0.05, 0.1) is 7.11 Å². The summed E-state index contributed by atoms with van der Waals surface area (Å²) in [7, 11) is 1.32. The third kappa shape index (κ3) is 4.06. The molecule has 0 saturated carbocycles. The van der Waals surface area contributed by atoms with Crippen molar-refractivity contribution in [2.75, 3.05) is 7.11 Å². The highest BCUT2D eigenvalue weighted by Gasteiger charge is 2.30. The Labute approximate surface area is 119 Å². The molecule has 0 bridgehead atoms. The molecule has 0 aliphatic carbocycles. The Morgan fingerprint density at radius 3 is 2.40 bits per heavy atom. The quantitative estimate of drug-likeness (QED) is 0.751. The number of amides is 1. The largest absolute Gasteiger partial charge is 0.467 e. The first-order valence-electron chi connectivity index (χ1n) is 6.77. The lowest BCUT2D eigenvalue weighted by Gasteiger charge is -2.22. The Hall–Kier alpha value is -1.88. The van der Waals surface area contributed by atoms with Crippen molar-refractivity contribution in [1.82, 2.24) is 5.32 Å². The molecule has 3 atom stereocenters. The van der Waals surface area contributed by atoms with Crippen molar-refractivity contribution < 1.29 is 20.1 Å². The van der Waals surface area contributed by atoms with Gasteiger partial charge < -0.3 is 15.8 Å². The molecule has 0 aliphatic heterocycles. The maximum Gasteiger partial charge on any atom is 0.328 e. The van der Waals surface area contributed by atoms with Crippen LogP contribution in [-0.2, 0) is 14.3 Å². The van der Waals surface area contributed by atoms with Gasteiger partial charge in [-0.25, -0.2) is 4.79 Å². The molecule has 1 rings (SSSR count). The number of hydrogen-bond acceptors (Lipinski definition) is 3. The number of ether oxygens (including phenoxy) is 1. The van der Waals surface area contributed by atoms with Gasteiger partial charge in [0.1, 0.15) is 6.04 Å². The minimum atomic E-state index is -0.634. The molecule has 0 spiro atoms. The van der Waals surface area contributed by atoms with Gasteiger partial charge in [0.2, 0.25) is 0 Å². The third-order valence-corrected chi connectivity index (χ3v) is 3.48. The van der Waals surface area contributed by atoms with E-state index >= 15 is 0 Å². The normalized spacial score (nSPS) is 15.0. The molecule has 110 valence electrons. The second kappa shape index (κ2) is 7.65. The minimum Gasteiger partial charge on any atom is -0.467 e. The average Bonchev–Trinajstić information content (AvgIpc) is 2.50. The van der Waals surface area contributed by atoms with E-state index in [0.717, 1.165) is 12.0 Å². The lowest BCUT2D eigenvalue weighted by Crippen LogP contribution is -2.62. The SMILES string of the molecule is CC[C@H](C)[C@H](NC(=O)[C@H]([NH3+])c1ccccc1)C(=O)OC. The van der Waals surface area contributed by atoms with E-state index in [-0.39, 0.29) is 11.8 Å². The standard InChI is InChI=1S/C15H22N2O3/c1-4-10(2)13(15(19)20-3)17-14(18)12(16)11-8-6-5-7-9-11/h5-10,12-13H,4,16H2,1-3H3,(H,17,18)/p+1/t10-,12+,13-/m0/s1. The summed E-state index contributed by atoms with van der Waals surface area (Å²) in [5, 5.41) is 2.74. The van der Waals surface area contributed by atoms with E-state index < -0.39 is 18.1 Å². The van der Waals surface area contributed by atoms with Crippen molar-refractivity contribution in [2.45, 2.75) is 32.4 Å². The zero-order valence-corrected chi connectivity index (χ0v) is 12.3. The van der Waals surface area contributed by atoms with Crippen molar-refractivity contribution in [1.29, 1.82) is 0 Å². The molecule has 0 radical (unpaired) electrons. The van der Waals surface area contributed by atoms with Crippen molar-refractivity contribution >= 4 is 11.9 Å². The van der Waals surface area contributed by atoms with Crippen molar-refractivity contribution in [3.05, 3.63) is 35.9 Å². The minimum absolute atomic E-state index is 0.00868. The maximum absolute atomic E-state index is 12.2. The first-order chi connectivity index (χ1) is 9.51. The first-order valence-corrected chi connectivity index (χ1v) is 6.77. The van der Waals surface area contributed by atoms with Gasteiger partial charge in [0.15, 0.2) is 6.04 Å². The summed E-state index contributed by atoms with van der Waals surface area (Å²) in [5.74, 6) is -0.686.